The molecule has 0 aliphatic rings. The van der Waals surface area contributed by atoms with Crippen molar-refractivity contribution < 1.29 is 9.53 Å². The van der Waals surface area contributed by atoms with Gasteiger partial charge in [-0.1, -0.05) is 18.7 Å². The molecule has 0 fully saturated rings. The molecule has 0 aromatic carbocycles. The van der Waals surface area contributed by atoms with E-state index < -0.39 is 0 Å². The number of hydrogen-bond acceptors (Lipinski definition) is 2. The molecule has 0 N–H and O–H groups in total. The van der Waals surface area contributed by atoms with Gasteiger partial charge in [-0.15, -0.1) is 0 Å². The lowest BCUT2D eigenvalue weighted by Crippen LogP contribution is -1.97. The molecule has 0 amide bonds. The van der Waals surface area contributed by atoms with Crippen molar-refractivity contribution >= 4 is 5.97 Å². The third kappa shape index (κ3) is 8.86. The van der Waals surface area contributed by atoms with Crippen molar-refractivity contribution in [2.45, 2.75) is 39.5 Å². The quantitative estimate of drug-likeness (QED) is 0.273. The van der Waals surface area contributed by atoms with Crippen LogP contribution in [0.15, 0.2) is 24.5 Å². The molecule has 13 heavy (non-hydrogen) atoms. The van der Waals surface area contributed by atoms with Gasteiger partial charge in [0.1, 0.15) is 5.76 Å². The Kier molecular flexibility index (Phi) is 6.98. The van der Waals surface area contributed by atoms with Gasteiger partial charge in [0.25, 0.3) is 0 Å². The van der Waals surface area contributed by atoms with E-state index in [9.17, 15) is 4.79 Å². The molecule has 74 valence electrons. The summed E-state index contributed by atoms with van der Waals surface area (Å²) in [5, 5.41) is 0. The third-order valence-electron chi connectivity index (χ3n) is 1.60. The van der Waals surface area contributed by atoms with Crippen molar-refractivity contribution in [1.82, 2.24) is 0 Å². The molecule has 2 nitrogen and oxygen atoms in total. The largest absolute Gasteiger partial charge is 0.432 e. The highest BCUT2D eigenvalue weighted by molar-refractivity contribution is 5.67. The lowest BCUT2D eigenvalue weighted by Gasteiger charge is -2.03. The molecule has 0 aliphatic heterocycles. The fourth-order valence-electron chi connectivity index (χ4n) is 1.01. The number of unbranched alkanes of at least 4 members (excludes halogenated alkanes) is 2. The molecular weight excluding hydrogens is 164 g/mol. The predicted molar refractivity (Wildman–Crippen MR) is 54.2 cm³/mol. The second-order valence-corrected chi connectivity index (χ2v) is 2.95. The molecule has 0 atom stereocenters. The van der Waals surface area contributed by atoms with Gasteiger partial charge in [0.2, 0.25) is 0 Å². The number of carbonyl (C=O) groups is 1. The number of allylic oxidation sites excluding steroid dienone is 3. The Morgan fingerprint density at radius 2 is 2.15 bits per heavy atom. The molecule has 0 bridgehead atoms. The smallest absolute Gasteiger partial charge is 0.307 e. The normalized spacial score (nSPS) is 10.3. The summed E-state index contributed by atoms with van der Waals surface area (Å²) in [6.45, 7) is 7.06. The minimum atomic E-state index is -0.279. The molecule has 0 spiro atoms. The minimum absolute atomic E-state index is 0.279. The van der Waals surface area contributed by atoms with E-state index in [1.165, 1.54) is 6.92 Å². The standard InChI is InChI=1S/C11H18O2/c1-4-5-6-7-8-9-10(2)13-11(3)12/h4-5H,2,6-9H2,1,3H3. The van der Waals surface area contributed by atoms with Gasteiger partial charge >= 0.3 is 5.97 Å². The van der Waals surface area contributed by atoms with Crippen molar-refractivity contribution in [3.8, 4) is 0 Å². The van der Waals surface area contributed by atoms with Crippen molar-refractivity contribution in [2.24, 2.45) is 0 Å². The first kappa shape index (κ1) is 11.9. The van der Waals surface area contributed by atoms with Crippen LogP contribution in [-0.2, 0) is 9.53 Å². The highest BCUT2D eigenvalue weighted by Crippen LogP contribution is 2.08. The maximum atomic E-state index is 10.5. The van der Waals surface area contributed by atoms with Crippen LogP contribution in [0, 0.1) is 0 Å². The first-order valence-corrected chi connectivity index (χ1v) is 4.64. The highest BCUT2D eigenvalue weighted by Gasteiger charge is 1.97. The molecule has 0 aromatic rings. The Hall–Kier alpha value is -1.05. The van der Waals surface area contributed by atoms with Crippen molar-refractivity contribution in [2.75, 3.05) is 0 Å². The third-order valence-corrected chi connectivity index (χ3v) is 1.60. The van der Waals surface area contributed by atoms with Crippen LogP contribution in [0.5, 0.6) is 0 Å². The van der Waals surface area contributed by atoms with Gasteiger partial charge in [0.05, 0.1) is 0 Å². The molecule has 0 radical (unpaired) electrons. The van der Waals surface area contributed by atoms with Crippen LogP contribution in [0.1, 0.15) is 39.5 Å². The number of esters is 1. The molecular formula is C11H18O2. The Morgan fingerprint density at radius 3 is 2.69 bits per heavy atom. The van der Waals surface area contributed by atoms with Gasteiger partial charge in [0.15, 0.2) is 0 Å². The van der Waals surface area contributed by atoms with E-state index >= 15 is 0 Å². The fourth-order valence-corrected chi connectivity index (χ4v) is 1.01. The van der Waals surface area contributed by atoms with Crippen LogP contribution in [0.4, 0.5) is 0 Å². The van der Waals surface area contributed by atoms with Crippen molar-refractivity contribution in [3.63, 3.8) is 0 Å². The van der Waals surface area contributed by atoms with Gasteiger partial charge in [-0.25, -0.2) is 0 Å². The molecule has 0 saturated carbocycles. The molecule has 0 aromatic heterocycles. The van der Waals surface area contributed by atoms with Gasteiger partial charge in [-0.2, -0.15) is 0 Å². The molecule has 2 heteroatoms. The summed E-state index contributed by atoms with van der Waals surface area (Å²) < 4.78 is 4.81. The summed E-state index contributed by atoms with van der Waals surface area (Å²) in [6.07, 6.45) is 8.18. The number of carbonyl (C=O) groups excluding carboxylic acids is 1. The number of hydrogen-bond donors (Lipinski definition) is 0. The van der Waals surface area contributed by atoms with Crippen LogP contribution in [0.2, 0.25) is 0 Å². The molecule has 0 unspecified atom stereocenters. The van der Waals surface area contributed by atoms with E-state index in [-0.39, 0.29) is 5.97 Å². The van der Waals surface area contributed by atoms with E-state index in [4.69, 9.17) is 4.74 Å². The summed E-state index contributed by atoms with van der Waals surface area (Å²) in [7, 11) is 0. The van der Waals surface area contributed by atoms with Crippen LogP contribution < -0.4 is 0 Å². The van der Waals surface area contributed by atoms with Crippen LogP contribution in [0.3, 0.4) is 0 Å². The zero-order valence-corrected chi connectivity index (χ0v) is 8.51. The fraction of sp³-hybridized carbons (Fsp3) is 0.545. The lowest BCUT2D eigenvalue weighted by atomic mass is 10.2. The van der Waals surface area contributed by atoms with E-state index in [2.05, 4.69) is 12.7 Å². The van der Waals surface area contributed by atoms with Gasteiger partial charge in [-0.05, 0) is 26.2 Å². The lowest BCUT2D eigenvalue weighted by molar-refractivity contribution is -0.137. The van der Waals surface area contributed by atoms with E-state index in [0.29, 0.717) is 5.76 Å². The van der Waals surface area contributed by atoms with E-state index in [0.717, 1.165) is 25.7 Å². The highest BCUT2D eigenvalue weighted by atomic mass is 16.5. The SMILES string of the molecule is C=C(CCCCC=CC)OC(C)=O. The molecule has 0 aliphatic carbocycles. The average Bonchev–Trinajstić information content (AvgIpc) is 2.02. The van der Waals surface area contributed by atoms with E-state index in [1.807, 2.05) is 13.0 Å². The van der Waals surface area contributed by atoms with Gasteiger partial charge < -0.3 is 4.74 Å². The first-order valence-electron chi connectivity index (χ1n) is 4.64. The maximum Gasteiger partial charge on any atom is 0.307 e. The Bertz CT molecular complexity index is 192. The summed E-state index contributed by atoms with van der Waals surface area (Å²) >= 11 is 0. The monoisotopic (exact) mass is 182 g/mol. The summed E-state index contributed by atoms with van der Waals surface area (Å²) in [5.74, 6) is 0.298. The van der Waals surface area contributed by atoms with E-state index in [1.54, 1.807) is 0 Å². The first-order chi connectivity index (χ1) is 6.16. The molecule has 0 heterocycles. The molecule has 0 saturated heterocycles. The number of ether oxygens (including phenoxy) is 1. The van der Waals surface area contributed by atoms with Gasteiger partial charge in [-0.3, -0.25) is 4.79 Å². The predicted octanol–water partition coefficient (Wildman–Crippen LogP) is 3.20. The zero-order chi connectivity index (χ0) is 10.1. The Morgan fingerprint density at radius 1 is 1.46 bits per heavy atom. The maximum absolute atomic E-state index is 10.5. The summed E-state index contributed by atoms with van der Waals surface area (Å²) in [5.41, 5.74) is 0. The second kappa shape index (κ2) is 7.59. The van der Waals surface area contributed by atoms with Crippen molar-refractivity contribution in [1.29, 1.82) is 0 Å². The molecule has 0 rings (SSSR count). The zero-order valence-electron chi connectivity index (χ0n) is 8.51. The van der Waals surface area contributed by atoms with Crippen molar-refractivity contribution in [3.05, 3.63) is 24.5 Å². The Balaban J connectivity index is 3.32. The number of rotatable bonds is 6. The average molecular weight is 182 g/mol. The minimum Gasteiger partial charge on any atom is -0.432 e. The van der Waals surface area contributed by atoms with Crippen LogP contribution >= 0.6 is 0 Å². The summed E-state index contributed by atoms with van der Waals surface area (Å²) in [4.78, 5) is 10.5. The summed E-state index contributed by atoms with van der Waals surface area (Å²) in [6, 6.07) is 0. The van der Waals surface area contributed by atoms with Crippen LogP contribution in [0.25, 0.3) is 0 Å². The topological polar surface area (TPSA) is 26.3 Å². The Labute approximate surface area is 80.3 Å². The second-order valence-electron chi connectivity index (χ2n) is 2.95. The van der Waals surface area contributed by atoms with Gasteiger partial charge in [0, 0.05) is 13.3 Å². The van der Waals surface area contributed by atoms with Crippen LogP contribution in [-0.4, -0.2) is 5.97 Å².